The Morgan fingerprint density at radius 1 is 1.00 bits per heavy atom. The van der Waals surface area contributed by atoms with Crippen LogP contribution in [0.25, 0.3) is 0 Å². The fourth-order valence-corrected chi connectivity index (χ4v) is 6.03. The van der Waals surface area contributed by atoms with Crippen LogP contribution in [-0.4, -0.2) is 36.8 Å². The van der Waals surface area contributed by atoms with Crippen LogP contribution in [0.1, 0.15) is 32.1 Å². The van der Waals surface area contributed by atoms with Crippen molar-refractivity contribution in [3.8, 4) is 0 Å². The molecule has 1 unspecified atom stereocenters. The summed E-state index contributed by atoms with van der Waals surface area (Å²) in [5.41, 5.74) is 0. The summed E-state index contributed by atoms with van der Waals surface area (Å²) in [4.78, 5) is 0. The molecule has 18 heavy (non-hydrogen) atoms. The fourth-order valence-electron chi connectivity index (χ4n) is 5.10. The van der Waals surface area contributed by atoms with Gasteiger partial charge in [-0.2, -0.15) is 11.8 Å². The number of rotatable bonds is 3. The molecule has 0 amide bonds. The van der Waals surface area contributed by atoms with E-state index in [0.717, 1.165) is 30.3 Å². The second-order valence-electron chi connectivity index (χ2n) is 6.95. The van der Waals surface area contributed by atoms with Gasteiger partial charge in [0.1, 0.15) is 0 Å². The molecule has 5 fully saturated rings. The second kappa shape index (κ2) is 4.99. The number of hydrogen-bond donors (Lipinski definition) is 1. The SMILES string of the molecule is C1CSCC(COC2C3CC4CC(C3)CC2C4)N1. The molecule has 5 rings (SSSR count). The predicted octanol–water partition coefficient (Wildman–Crippen LogP) is 2.53. The van der Waals surface area contributed by atoms with Gasteiger partial charge in [-0.3, -0.25) is 0 Å². The highest BCUT2D eigenvalue weighted by atomic mass is 32.2. The van der Waals surface area contributed by atoms with E-state index < -0.39 is 0 Å². The van der Waals surface area contributed by atoms with Gasteiger partial charge in [-0.15, -0.1) is 0 Å². The van der Waals surface area contributed by atoms with Gasteiger partial charge in [0, 0.05) is 24.1 Å². The van der Waals surface area contributed by atoms with Crippen molar-refractivity contribution in [1.29, 1.82) is 0 Å². The lowest BCUT2D eigenvalue weighted by molar-refractivity contribution is -0.128. The topological polar surface area (TPSA) is 21.3 Å². The maximum atomic E-state index is 6.38. The summed E-state index contributed by atoms with van der Waals surface area (Å²) in [7, 11) is 0. The molecule has 3 heteroatoms. The first kappa shape index (κ1) is 12.0. The lowest BCUT2D eigenvalue weighted by atomic mass is 9.55. The molecule has 5 aliphatic rings. The predicted molar refractivity (Wildman–Crippen MR) is 75.9 cm³/mol. The van der Waals surface area contributed by atoms with Crippen molar-refractivity contribution in [2.24, 2.45) is 23.7 Å². The van der Waals surface area contributed by atoms with Crippen LogP contribution in [0.15, 0.2) is 0 Å². The van der Waals surface area contributed by atoms with Crippen molar-refractivity contribution < 1.29 is 4.74 Å². The maximum absolute atomic E-state index is 6.38. The van der Waals surface area contributed by atoms with Crippen molar-refractivity contribution in [2.45, 2.75) is 44.2 Å². The highest BCUT2D eigenvalue weighted by Crippen LogP contribution is 2.54. The molecule has 0 radical (unpaired) electrons. The molecule has 1 saturated heterocycles. The van der Waals surface area contributed by atoms with Crippen LogP contribution in [0.5, 0.6) is 0 Å². The zero-order chi connectivity index (χ0) is 11.9. The molecule has 4 aliphatic carbocycles. The first-order valence-corrected chi connectivity index (χ1v) is 8.96. The minimum atomic E-state index is 0.612. The molecule has 1 N–H and O–H groups in total. The summed E-state index contributed by atoms with van der Waals surface area (Å²) in [5, 5.41) is 3.60. The number of ether oxygens (including phenoxy) is 1. The van der Waals surface area contributed by atoms with Gasteiger partial charge in [0.25, 0.3) is 0 Å². The zero-order valence-electron chi connectivity index (χ0n) is 11.1. The van der Waals surface area contributed by atoms with E-state index in [9.17, 15) is 0 Å². The standard InChI is InChI=1S/C15H25NOS/c1-2-18-9-14(16-1)8-17-15-12-4-10-3-11(6-12)7-13(15)5-10/h10-16H,1-9H2. The second-order valence-corrected chi connectivity index (χ2v) is 8.10. The van der Waals surface area contributed by atoms with Gasteiger partial charge in [-0.25, -0.2) is 0 Å². The fraction of sp³-hybridized carbons (Fsp3) is 1.00. The van der Waals surface area contributed by atoms with Crippen molar-refractivity contribution in [1.82, 2.24) is 5.32 Å². The van der Waals surface area contributed by atoms with E-state index in [1.54, 1.807) is 6.42 Å². The molecular formula is C15H25NOS. The number of hydrogen-bond acceptors (Lipinski definition) is 3. The first-order chi connectivity index (χ1) is 8.88. The van der Waals surface area contributed by atoms with Crippen LogP contribution < -0.4 is 5.32 Å². The Morgan fingerprint density at radius 2 is 1.72 bits per heavy atom. The van der Waals surface area contributed by atoms with Crippen LogP contribution in [-0.2, 0) is 4.74 Å². The molecular weight excluding hydrogens is 242 g/mol. The van der Waals surface area contributed by atoms with Crippen molar-refractivity contribution in [2.75, 3.05) is 24.7 Å². The summed E-state index contributed by atoms with van der Waals surface area (Å²) in [6.45, 7) is 2.13. The first-order valence-electron chi connectivity index (χ1n) is 7.81. The summed E-state index contributed by atoms with van der Waals surface area (Å²) >= 11 is 2.08. The lowest BCUT2D eigenvalue weighted by Gasteiger charge is -2.54. The van der Waals surface area contributed by atoms with Gasteiger partial charge >= 0.3 is 0 Å². The van der Waals surface area contributed by atoms with Gasteiger partial charge in [0.2, 0.25) is 0 Å². The van der Waals surface area contributed by atoms with E-state index in [2.05, 4.69) is 17.1 Å². The molecule has 4 bridgehead atoms. The monoisotopic (exact) mass is 267 g/mol. The Bertz CT molecular complexity index is 275. The molecule has 1 atom stereocenters. The maximum Gasteiger partial charge on any atom is 0.0632 e. The summed E-state index contributed by atoms with van der Waals surface area (Å²) < 4.78 is 6.38. The third kappa shape index (κ3) is 2.23. The quantitative estimate of drug-likeness (QED) is 0.849. The van der Waals surface area contributed by atoms with E-state index in [4.69, 9.17) is 4.74 Å². The highest BCUT2D eigenvalue weighted by molar-refractivity contribution is 7.99. The van der Waals surface area contributed by atoms with Gasteiger partial charge in [0.05, 0.1) is 12.7 Å². The van der Waals surface area contributed by atoms with Gasteiger partial charge < -0.3 is 10.1 Å². The molecule has 0 aromatic carbocycles. The van der Waals surface area contributed by atoms with Crippen LogP contribution in [0.2, 0.25) is 0 Å². The van der Waals surface area contributed by atoms with Crippen LogP contribution >= 0.6 is 11.8 Å². The Hall–Kier alpha value is 0.270. The van der Waals surface area contributed by atoms with Gasteiger partial charge in [-0.05, 0) is 55.8 Å². The third-order valence-electron chi connectivity index (χ3n) is 5.63. The normalized spacial score (nSPS) is 50.7. The van der Waals surface area contributed by atoms with E-state index in [-0.39, 0.29) is 0 Å². The molecule has 0 aromatic rings. The van der Waals surface area contributed by atoms with E-state index in [1.165, 1.54) is 43.7 Å². The van der Waals surface area contributed by atoms with Crippen LogP contribution in [0.4, 0.5) is 0 Å². The van der Waals surface area contributed by atoms with Gasteiger partial charge in [0.15, 0.2) is 0 Å². The Balaban J connectivity index is 1.34. The smallest absolute Gasteiger partial charge is 0.0632 e. The molecule has 0 spiro atoms. The van der Waals surface area contributed by atoms with Crippen LogP contribution in [0, 0.1) is 23.7 Å². The van der Waals surface area contributed by atoms with Crippen molar-refractivity contribution in [3.63, 3.8) is 0 Å². The zero-order valence-corrected chi connectivity index (χ0v) is 12.0. The summed E-state index contributed by atoms with van der Waals surface area (Å²) in [6.07, 6.45) is 8.07. The Labute approximate surface area is 115 Å². The minimum Gasteiger partial charge on any atom is -0.376 e. The van der Waals surface area contributed by atoms with E-state index >= 15 is 0 Å². The van der Waals surface area contributed by atoms with E-state index in [0.29, 0.717) is 12.1 Å². The lowest BCUT2D eigenvalue weighted by Crippen LogP contribution is -2.51. The molecule has 102 valence electrons. The molecule has 2 nitrogen and oxygen atoms in total. The van der Waals surface area contributed by atoms with Crippen LogP contribution in [0.3, 0.4) is 0 Å². The number of thioether (sulfide) groups is 1. The molecule has 1 aliphatic heterocycles. The van der Waals surface area contributed by atoms with E-state index in [1.807, 2.05) is 0 Å². The average Bonchev–Trinajstić information content (AvgIpc) is 2.38. The Morgan fingerprint density at radius 3 is 2.33 bits per heavy atom. The molecule has 0 aromatic heterocycles. The van der Waals surface area contributed by atoms with Crippen molar-refractivity contribution in [3.05, 3.63) is 0 Å². The van der Waals surface area contributed by atoms with Gasteiger partial charge in [-0.1, -0.05) is 0 Å². The average molecular weight is 267 g/mol. The van der Waals surface area contributed by atoms with Crippen molar-refractivity contribution >= 4 is 11.8 Å². The molecule has 1 heterocycles. The Kier molecular flexibility index (Phi) is 3.34. The molecule has 4 saturated carbocycles. The number of nitrogens with one attached hydrogen (secondary N) is 1. The summed E-state index contributed by atoms with van der Waals surface area (Å²) in [6, 6.07) is 0.612. The summed E-state index contributed by atoms with van der Waals surface area (Å²) in [5.74, 6) is 6.48. The largest absolute Gasteiger partial charge is 0.376 e. The highest BCUT2D eigenvalue weighted by Gasteiger charge is 2.48. The third-order valence-corrected chi connectivity index (χ3v) is 6.76. The minimum absolute atomic E-state index is 0.612.